The average molecular weight is 451 g/mol. The number of rotatable bonds is 6. The van der Waals surface area contributed by atoms with Crippen LogP contribution in [-0.2, 0) is 10.2 Å². The SMILES string of the molecule is CN(C(=O)/C=C/c1ccoc1)[C@H]1CC[C@]2(O)CN(CC3CC3)CC[C@@]2(c2cccc(O)c2)C1. The second-order valence-electron chi connectivity index (χ2n) is 10.3. The maximum atomic E-state index is 13.0. The second kappa shape index (κ2) is 8.65. The highest BCUT2D eigenvalue weighted by molar-refractivity contribution is 5.91. The Kier molecular flexibility index (Phi) is 5.83. The summed E-state index contributed by atoms with van der Waals surface area (Å²) in [6, 6.07) is 9.22. The number of hydrogen-bond donors (Lipinski definition) is 2. The molecule has 0 spiro atoms. The molecule has 1 aromatic heterocycles. The van der Waals surface area contributed by atoms with Crippen molar-refractivity contribution in [1.29, 1.82) is 0 Å². The van der Waals surface area contributed by atoms with Gasteiger partial charge in [-0.15, -0.1) is 0 Å². The molecule has 1 amide bonds. The van der Waals surface area contributed by atoms with Gasteiger partial charge >= 0.3 is 0 Å². The molecule has 2 heterocycles. The summed E-state index contributed by atoms with van der Waals surface area (Å²) in [6.45, 7) is 2.65. The number of furan rings is 1. The average Bonchev–Trinajstić information content (AvgIpc) is 3.46. The van der Waals surface area contributed by atoms with Gasteiger partial charge in [-0.05, 0) is 80.8 Å². The van der Waals surface area contributed by atoms with Gasteiger partial charge in [0.1, 0.15) is 5.75 Å². The molecule has 3 atom stereocenters. The topological polar surface area (TPSA) is 77.2 Å². The summed E-state index contributed by atoms with van der Waals surface area (Å²) in [6.07, 6.45) is 12.1. The van der Waals surface area contributed by atoms with Crippen LogP contribution in [-0.4, -0.2) is 64.2 Å². The first-order valence-corrected chi connectivity index (χ1v) is 12.1. The number of phenols is 1. The van der Waals surface area contributed by atoms with Crippen molar-refractivity contribution < 1.29 is 19.4 Å². The standard InChI is InChI=1S/C27H34N2O4/c1-28(25(31)8-7-21-10-14-33-18-21)23-9-11-27(32)19-29(17-20-5-6-20)13-12-26(27,16-23)22-3-2-4-24(30)15-22/h2-4,7-8,10,14-15,18,20,23,30,32H,5-6,9,11-13,16-17,19H2,1H3/b8-7+/t23-,26-,27-/m0/s1. The Morgan fingerprint density at radius 2 is 2.12 bits per heavy atom. The van der Waals surface area contributed by atoms with Crippen molar-refractivity contribution in [3.05, 3.63) is 60.1 Å². The Morgan fingerprint density at radius 1 is 1.27 bits per heavy atom. The van der Waals surface area contributed by atoms with Crippen molar-refractivity contribution in [2.45, 2.75) is 55.6 Å². The number of piperidine rings is 1. The smallest absolute Gasteiger partial charge is 0.246 e. The third-order valence-corrected chi connectivity index (χ3v) is 8.17. The molecular formula is C27H34N2O4. The zero-order valence-electron chi connectivity index (χ0n) is 19.3. The third-order valence-electron chi connectivity index (χ3n) is 8.17. The van der Waals surface area contributed by atoms with E-state index in [4.69, 9.17) is 4.42 Å². The normalized spacial score (nSPS) is 30.3. The van der Waals surface area contributed by atoms with Crippen LogP contribution in [0.15, 0.2) is 53.4 Å². The fourth-order valence-corrected chi connectivity index (χ4v) is 6.02. The molecule has 5 rings (SSSR count). The summed E-state index contributed by atoms with van der Waals surface area (Å²) in [7, 11) is 1.86. The number of hydrogen-bond acceptors (Lipinski definition) is 5. The Hall–Kier alpha value is -2.57. The van der Waals surface area contributed by atoms with Crippen molar-refractivity contribution in [1.82, 2.24) is 9.80 Å². The highest BCUT2D eigenvalue weighted by Crippen LogP contribution is 2.53. The van der Waals surface area contributed by atoms with Crippen LogP contribution in [0.4, 0.5) is 0 Å². The molecule has 2 saturated carbocycles. The number of aliphatic hydroxyl groups is 1. The molecule has 176 valence electrons. The van der Waals surface area contributed by atoms with Gasteiger partial charge in [-0.3, -0.25) is 4.79 Å². The molecule has 0 bridgehead atoms. The van der Waals surface area contributed by atoms with E-state index in [1.807, 2.05) is 36.2 Å². The molecular weight excluding hydrogens is 416 g/mol. The summed E-state index contributed by atoms with van der Waals surface area (Å²) in [5, 5.41) is 22.3. The number of amides is 1. The molecule has 3 aliphatic rings. The predicted molar refractivity (Wildman–Crippen MR) is 127 cm³/mol. The highest BCUT2D eigenvalue weighted by Gasteiger charge is 2.58. The highest BCUT2D eigenvalue weighted by atomic mass is 16.3. The number of carbonyl (C=O) groups excluding carboxylic acids is 1. The summed E-state index contributed by atoms with van der Waals surface area (Å²) < 4.78 is 5.07. The molecule has 2 aliphatic carbocycles. The van der Waals surface area contributed by atoms with Gasteiger partial charge in [0.2, 0.25) is 5.91 Å². The lowest BCUT2D eigenvalue weighted by Crippen LogP contribution is -2.67. The van der Waals surface area contributed by atoms with Gasteiger partial charge in [0.15, 0.2) is 0 Å². The van der Waals surface area contributed by atoms with Crippen molar-refractivity contribution in [3.63, 3.8) is 0 Å². The Balaban J connectivity index is 1.40. The number of fused-ring (bicyclic) bond motifs is 1. The number of β-amino-alcohol motifs (C(OH)–C–C–N with tert-alkyl or cyclic N) is 1. The van der Waals surface area contributed by atoms with Crippen LogP contribution in [0.5, 0.6) is 5.75 Å². The first-order valence-electron chi connectivity index (χ1n) is 12.1. The van der Waals surface area contributed by atoms with Gasteiger partial charge in [-0.2, -0.15) is 0 Å². The van der Waals surface area contributed by atoms with Crippen LogP contribution in [0.25, 0.3) is 6.08 Å². The number of likely N-dealkylation sites (tertiary alicyclic amines) is 1. The Labute approximate surface area is 195 Å². The lowest BCUT2D eigenvalue weighted by Gasteiger charge is -2.59. The van der Waals surface area contributed by atoms with E-state index in [1.165, 1.54) is 12.8 Å². The fourth-order valence-electron chi connectivity index (χ4n) is 6.02. The van der Waals surface area contributed by atoms with E-state index in [0.29, 0.717) is 19.4 Å². The van der Waals surface area contributed by atoms with E-state index in [0.717, 1.165) is 43.0 Å². The van der Waals surface area contributed by atoms with E-state index in [-0.39, 0.29) is 17.7 Å². The van der Waals surface area contributed by atoms with Gasteiger partial charge in [-0.1, -0.05) is 12.1 Å². The maximum absolute atomic E-state index is 13.0. The molecule has 2 aromatic rings. The van der Waals surface area contributed by atoms with Gasteiger partial charge in [-0.25, -0.2) is 0 Å². The zero-order valence-corrected chi connectivity index (χ0v) is 19.3. The van der Waals surface area contributed by atoms with Gasteiger partial charge < -0.3 is 24.4 Å². The molecule has 6 nitrogen and oxygen atoms in total. The molecule has 2 N–H and O–H groups in total. The lowest BCUT2D eigenvalue weighted by atomic mass is 9.55. The van der Waals surface area contributed by atoms with Crippen LogP contribution in [0, 0.1) is 5.92 Å². The van der Waals surface area contributed by atoms with E-state index < -0.39 is 11.0 Å². The number of phenolic OH excluding ortho intramolecular Hbond substituents is 1. The van der Waals surface area contributed by atoms with Crippen LogP contribution >= 0.6 is 0 Å². The zero-order chi connectivity index (χ0) is 23.1. The van der Waals surface area contributed by atoms with Crippen molar-refractivity contribution >= 4 is 12.0 Å². The minimum Gasteiger partial charge on any atom is -0.508 e. The molecule has 0 radical (unpaired) electrons. The van der Waals surface area contributed by atoms with Crippen molar-refractivity contribution in [3.8, 4) is 5.75 Å². The van der Waals surface area contributed by atoms with E-state index in [9.17, 15) is 15.0 Å². The molecule has 6 heteroatoms. The second-order valence-corrected chi connectivity index (χ2v) is 10.3. The van der Waals surface area contributed by atoms with Gasteiger partial charge in [0.25, 0.3) is 0 Å². The van der Waals surface area contributed by atoms with Crippen LogP contribution < -0.4 is 0 Å². The first-order chi connectivity index (χ1) is 15.9. The van der Waals surface area contributed by atoms with Crippen molar-refractivity contribution in [2.75, 3.05) is 26.7 Å². The molecule has 1 aliphatic heterocycles. The van der Waals surface area contributed by atoms with E-state index >= 15 is 0 Å². The number of likely N-dealkylation sites (N-methyl/N-ethyl adjacent to an activating group) is 1. The lowest BCUT2D eigenvalue weighted by molar-refractivity contribution is -0.144. The maximum Gasteiger partial charge on any atom is 0.246 e. The number of benzene rings is 1. The molecule has 3 fully saturated rings. The molecule has 0 unspecified atom stereocenters. The molecule has 1 aromatic carbocycles. The molecule has 33 heavy (non-hydrogen) atoms. The first kappa shape index (κ1) is 22.2. The van der Waals surface area contributed by atoms with Crippen LogP contribution in [0.2, 0.25) is 0 Å². The quantitative estimate of drug-likeness (QED) is 0.655. The number of aromatic hydroxyl groups is 1. The summed E-state index contributed by atoms with van der Waals surface area (Å²) in [5.41, 5.74) is 0.475. The predicted octanol–water partition coefficient (Wildman–Crippen LogP) is 3.79. The minimum absolute atomic E-state index is 0.0177. The van der Waals surface area contributed by atoms with Crippen LogP contribution in [0.3, 0.4) is 0 Å². The van der Waals surface area contributed by atoms with Crippen molar-refractivity contribution in [2.24, 2.45) is 5.92 Å². The monoisotopic (exact) mass is 450 g/mol. The number of carbonyl (C=O) groups is 1. The van der Waals surface area contributed by atoms with Gasteiger partial charge in [0.05, 0.1) is 18.1 Å². The van der Waals surface area contributed by atoms with E-state index in [2.05, 4.69) is 4.90 Å². The Morgan fingerprint density at radius 3 is 2.85 bits per heavy atom. The van der Waals surface area contributed by atoms with Gasteiger partial charge in [0, 0.05) is 43.2 Å². The van der Waals surface area contributed by atoms with Crippen LogP contribution in [0.1, 0.15) is 49.7 Å². The summed E-state index contributed by atoms with van der Waals surface area (Å²) in [4.78, 5) is 17.2. The summed E-state index contributed by atoms with van der Waals surface area (Å²) >= 11 is 0. The van der Waals surface area contributed by atoms with E-state index in [1.54, 1.807) is 30.7 Å². The number of nitrogens with zero attached hydrogens (tertiary/aromatic N) is 2. The molecule has 1 saturated heterocycles. The largest absolute Gasteiger partial charge is 0.508 e. The Bertz CT molecular complexity index is 1010. The minimum atomic E-state index is -0.874. The third kappa shape index (κ3) is 4.34. The fraction of sp³-hybridized carbons (Fsp3) is 0.519. The summed E-state index contributed by atoms with van der Waals surface area (Å²) in [5.74, 6) is 0.951.